The Morgan fingerprint density at radius 1 is 1.27 bits per heavy atom. The number of carbonyl (C=O) groups is 2. The highest BCUT2D eigenvalue weighted by molar-refractivity contribution is 7.13. The zero-order valence-electron chi connectivity index (χ0n) is 16.9. The molecule has 2 fully saturated rings. The van der Waals surface area contributed by atoms with Crippen molar-refractivity contribution < 1.29 is 9.59 Å². The average Bonchev–Trinajstić information content (AvgIpc) is 3.30. The number of nitrogens with zero attached hydrogens (tertiary/aromatic N) is 2. The van der Waals surface area contributed by atoms with Crippen LogP contribution in [0.2, 0.25) is 0 Å². The molecule has 3 aliphatic rings. The molecule has 1 saturated heterocycles. The van der Waals surface area contributed by atoms with Gasteiger partial charge in [-0.2, -0.15) is 0 Å². The van der Waals surface area contributed by atoms with Crippen LogP contribution in [-0.4, -0.2) is 47.5 Å². The van der Waals surface area contributed by atoms with E-state index < -0.39 is 0 Å². The van der Waals surface area contributed by atoms with E-state index in [1.165, 1.54) is 30.6 Å². The number of thiazole rings is 1. The minimum atomic E-state index is -0.216. The number of hydrogen-bond donors (Lipinski definition) is 3. The van der Waals surface area contributed by atoms with Crippen LogP contribution in [-0.2, 0) is 6.54 Å². The van der Waals surface area contributed by atoms with Gasteiger partial charge in [-0.3, -0.25) is 10.1 Å². The average molecular weight is 426 g/mol. The summed E-state index contributed by atoms with van der Waals surface area (Å²) in [6, 6.07) is 5.90. The highest BCUT2D eigenvalue weighted by atomic mass is 32.1. The highest BCUT2D eigenvalue weighted by Gasteiger charge is 2.31. The molecule has 5 rings (SSSR count). The number of amides is 3. The summed E-state index contributed by atoms with van der Waals surface area (Å²) in [6.45, 7) is 3.38. The lowest BCUT2D eigenvalue weighted by molar-refractivity contribution is 0.0719. The summed E-state index contributed by atoms with van der Waals surface area (Å²) < 4.78 is 0. The van der Waals surface area contributed by atoms with Crippen LogP contribution in [0.3, 0.4) is 0 Å². The summed E-state index contributed by atoms with van der Waals surface area (Å²) in [5, 5.41) is 11.8. The predicted molar refractivity (Wildman–Crippen MR) is 118 cm³/mol. The molecule has 1 aromatic carbocycles. The molecular formula is C22H27N5O2S. The van der Waals surface area contributed by atoms with E-state index in [4.69, 9.17) is 0 Å². The van der Waals surface area contributed by atoms with E-state index >= 15 is 0 Å². The van der Waals surface area contributed by atoms with Gasteiger partial charge in [0.05, 0.1) is 0 Å². The van der Waals surface area contributed by atoms with E-state index in [-0.39, 0.29) is 18.0 Å². The van der Waals surface area contributed by atoms with Crippen molar-refractivity contribution in [1.29, 1.82) is 0 Å². The maximum absolute atomic E-state index is 12.7. The number of aromatic nitrogens is 1. The normalized spacial score (nSPS) is 21.3. The summed E-state index contributed by atoms with van der Waals surface area (Å²) >= 11 is 1.50. The molecule has 1 aliphatic carbocycles. The lowest BCUT2D eigenvalue weighted by Gasteiger charge is -2.29. The molecular weight excluding hydrogens is 398 g/mol. The second-order valence-corrected chi connectivity index (χ2v) is 9.39. The fourth-order valence-electron chi connectivity index (χ4n) is 4.43. The monoisotopic (exact) mass is 425 g/mol. The van der Waals surface area contributed by atoms with Gasteiger partial charge in [-0.15, -0.1) is 11.3 Å². The first-order valence-electron chi connectivity index (χ1n) is 10.8. The standard InChI is InChI=1S/C22H27N5O2S/c28-21-18-7-6-15(9-16(18)12-27(21)11-14-3-1-4-14)20-25-19(13-30-20)26-22(29)24-17-5-2-8-23-10-17/h6-7,9,13-14,17,23H,1-5,8,10-12H2,(H2,24,26,29)/t17-/m0/s1. The predicted octanol–water partition coefficient (Wildman–Crippen LogP) is 3.44. The van der Waals surface area contributed by atoms with Crippen LogP contribution in [0.15, 0.2) is 23.6 Å². The van der Waals surface area contributed by atoms with Crippen LogP contribution in [0, 0.1) is 5.92 Å². The number of fused-ring (bicyclic) bond motifs is 1. The summed E-state index contributed by atoms with van der Waals surface area (Å²) in [5.41, 5.74) is 2.87. The van der Waals surface area contributed by atoms with Crippen LogP contribution in [0.1, 0.15) is 48.0 Å². The molecule has 0 unspecified atom stereocenters. The fraction of sp³-hybridized carbons (Fsp3) is 0.500. The van der Waals surface area contributed by atoms with Gasteiger partial charge in [0.25, 0.3) is 5.91 Å². The van der Waals surface area contributed by atoms with Crippen molar-refractivity contribution in [3.8, 4) is 10.6 Å². The molecule has 2 aromatic rings. The molecule has 158 valence electrons. The van der Waals surface area contributed by atoms with Crippen molar-refractivity contribution in [1.82, 2.24) is 20.5 Å². The van der Waals surface area contributed by atoms with Gasteiger partial charge in [-0.1, -0.05) is 12.5 Å². The van der Waals surface area contributed by atoms with Gasteiger partial charge < -0.3 is 15.5 Å². The van der Waals surface area contributed by atoms with Crippen molar-refractivity contribution >= 4 is 29.1 Å². The third-order valence-electron chi connectivity index (χ3n) is 6.31. The van der Waals surface area contributed by atoms with Crippen LogP contribution < -0.4 is 16.0 Å². The van der Waals surface area contributed by atoms with Crippen LogP contribution in [0.5, 0.6) is 0 Å². The van der Waals surface area contributed by atoms with Crippen molar-refractivity contribution in [2.45, 2.75) is 44.7 Å². The molecule has 3 N–H and O–H groups in total. The zero-order valence-corrected chi connectivity index (χ0v) is 17.8. The molecule has 8 heteroatoms. The van der Waals surface area contributed by atoms with Gasteiger partial charge in [-0.25, -0.2) is 9.78 Å². The minimum absolute atomic E-state index is 0.152. The molecule has 1 saturated carbocycles. The third kappa shape index (κ3) is 4.06. The van der Waals surface area contributed by atoms with Crippen LogP contribution >= 0.6 is 11.3 Å². The van der Waals surface area contributed by atoms with Gasteiger partial charge >= 0.3 is 6.03 Å². The largest absolute Gasteiger partial charge is 0.334 e. The van der Waals surface area contributed by atoms with Gasteiger partial charge in [0.15, 0.2) is 0 Å². The molecule has 7 nitrogen and oxygen atoms in total. The Morgan fingerprint density at radius 2 is 2.17 bits per heavy atom. The Kier molecular flexibility index (Phi) is 5.43. The number of benzene rings is 1. The van der Waals surface area contributed by atoms with E-state index in [0.717, 1.165) is 54.2 Å². The number of rotatable bonds is 5. The first-order chi connectivity index (χ1) is 14.7. The van der Waals surface area contributed by atoms with E-state index in [0.29, 0.717) is 18.3 Å². The summed E-state index contributed by atoms with van der Waals surface area (Å²) in [4.78, 5) is 31.5. The van der Waals surface area contributed by atoms with E-state index in [2.05, 4.69) is 27.0 Å². The molecule has 3 amide bonds. The molecule has 0 radical (unpaired) electrons. The zero-order chi connectivity index (χ0) is 20.5. The van der Waals surface area contributed by atoms with E-state index in [1.54, 1.807) is 0 Å². The quantitative estimate of drug-likeness (QED) is 0.685. The fourth-order valence-corrected chi connectivity index (χ4v) is 5.17. The molecule has 1 atom stereocenters. The van der Waals surface area contributed by atoms with Crippen molar-refractivity contribution in [2.24, 2.45) is 5.92 Å². The SMILES string of the molecule is O=C(Nc1csc(-c2ccc3c(c2)CN(CC2CCC2)C3=O)n1)N[C@H]1CCCNC1. The Balaban J connectivity index is 1.23. The third-order valence-corrected chi connectivity index (χ3v) is 7.20. The Hall–Kier alpha value is -2.45. The topological polar surface area (TPSA) is 86.4 Å². The van der Waals surface area contributed by atoms with Crippen molar-refractivity contribution in [3.05, 3.63) is 34.7 Å². The number of nitrogens with one attached hydrogen (secondary N) is 3. The maximum Gasteiger partial charge on any atom is 0.320 e. The van der Waals surface area contributed by atoms with Gasteiger partial charge in [0, 0.05) is 42.2 Å². The highest BCUT2D eigenvalue weighted by Crippen LogP contribution is 2.34. The van der Waals surface area contributed by atoms with Gasteiger partial charge in [-0.05, 0) is 55.8 Å². The van der Waals surface area contributed by atoms with E-state index in [9.17, 15) is 9.59 Å². The Bertz CT molecular complexity index is 949. The van der Waals surface area contributed by atoms with Gasteiger partial charge in [0.2, 0.25) is 0 Å². The summed E-state index contributed by atoms with van der Waals surface area (Å²) in [6.07, 6.45) is 5.84. The molecule has 0 spiro atoms. The lowest BCUT2D eigenvalue weighted by Crippen LogP contribution is -2.47. The first kappa shape index (κ1) is 19.5. The number of piperidine rings is 1. The lowest BCUT2D eigenvalue weighted by atomic mass is 9.85. The molecule has 3 heterocycles. The second kappa shape index (κ2) is 8.35. The molecule has 2 aliphatic heterocycles. The molecule has 1 aromatic heterocycles. The van der Waals surface area contributed by atoms with Crippen LogP contribution in [0.4, 0.5) is 10.6 Å². The summed E-state index contributed by atoms with van der Waals surface area (Å²) in [5.74, 6) is 1.38. The number of anilines is 1. The Labute approximate surface area is 180 Å². The van der Waals surface area contributed by atoms with Crippen LogP contribution in [0.25, 0.3) is 10.6 Å². The smallest absolute Gasteiger partial charge is 0.320 e. The molecule has 0 bridgehead atoms. The number of hydrogen-bond acceptors (Lipinski definition) is 5. The van der Waals surface area contributed by atoms with Crippen molar-refractivity contribution in [2.75, 3.05) is 25.0 Å². The second-order valence-electron chi connectivity index (χ2n) is 8.53. The number of carbonyl (C=O) groups excluding carboxylic acids is 2. The summed E-state index contributed by atoms with van der Waals surface area (Å²) in [7, 11) is 0. The van der Waals surface area contributed by atoms with Gasteiger partial charge in [0.1, 0.15) is 10.8 Å². The van der Waals surface area contributed by atoms with Crippen molar-refractivity contribution in [3.63, 3.8) is 0 Å². The van der Waals surface area contributed by atoms with E-state index in [1.807, 2.05) is 22.4 Å². The first-order valence-corrected chi connectivity index (χ1v) is 11.7. The Morgan fingerprint density at radius 3 is 2.93 bits per heavy atom. The number of urea groups is 1. The minimum Gasteiger partial charge on any atom is -0.334 e. The molecule has 30 heavy (non-hydrogen) atoms. The maximum atomic E-state index is 12.7.